The third kappa shape index (κ3) is 3.56. The number of nitrogens with zero attached hydrogens (tertiary/aromatic N) is 1. The Morgan fingerprint density at radius 1 is 1.05 bits per heavy atom. The van der Waals surface area contributed by atoms with Crippen molar-refractivity contribution in [1.82, 2.24) is 4.98 Å². The third-order valence-electron chi connectivity index (χ3n) is 4.35. The number of aromatic nitrogens is 1. The maximum Gasteiger partial charge on any atom is 0.487 e. The van der Waals surface area contributed by atoms with Gasteiger partial charge in [-0.3, -0.25) is 4.98 Å². The van der Waals surface area contributed by atoms with E-state index in [1.807, 2.05) is 24.3 Å². The highest BCUT2D eigenvalue weighted by molar-refractivity contribution is 6.52. The van der Waals surface area contributed by atoms with Crippen molar-refractivity contribution in [3.63, 3.8) is 0 Å². The number of hydrogen-bond acceptors (Lipinski definition) is 3. The van der Waals surface area contributed by atoms with E-state index in [2.05, 4.69) is 59.5 Å². The third-order valence-corrected chi connectivity index (χ3v) is 4.35. The molecule has 114 valence electrons. The van der Waals surface area contributed by atoms with Crippen LogP contribution < -0.4 is 0 Å². The van der Waals surface area contributed by atoms with Crippen molar-refractivity contribution >= 4 is 13.2 Å². The van der Waals surface area contributed by atoms with Gasteiger partial charge in [0.15, 0.2) is 0 Å². The van der Waals surface area contributed by atoms with Crippen LogP contribution in [0.25, 0.3) is 6.08 Å². The molecule has 0 bridgehead atoms. The minimum absolute atomic E-state index is 0.126. The summed E-state index contributed by atoms with van der Waals surface area (Å²) in [5, 5.41) is 0. The summed E-state index contributed by atoms with van der Waals surface area (Å²) in [6.45, 7) is 14.8. The average Bonchev–Trinajstić information content (AvgIpc) is 2.55. The summed E-state index contributed by atoms with van der Waals surface area (Å²) in [6.07, 6.45) is 3.89. The maximum atomic E-state index is 5.93. The van der Waals surface area contributed by atoms with Crippen molar-refractivity contribution in [2.75, 3.05) is 0 Å². The molecule has 0 amide bonds. The molecule has 0 atom stereocenters. The first-order valence-corrected chi connectivity index (χ1v) is 7.52. The van der Waals surface area contributed by atoms with E-state index in [0.29, 0.717) is 0 Å². The van der Waals surface area contributed by atoms with Gasteiger partial charge in [-0.25, -0.2) is 0 Å². The molecule has 0 saturated carbocycles. The Morgan fingerprint density at radius 3 is 2.05 bits per heavy atom. The Kier molecular flexibility index (Phi) is 4.07. The van der Waals surface area contributed by atoms with Gasteiger partial charge in [0.05, 0.1) is 16.9 Å². The summed E-state index contributed by atoms with van der Waals surface area (Å²) in [4.78, 5) is 4.48. The fourth-order valence-corrected chi connectivity index (χ4v) is 2.09. The second-order valence-corrected chi connectivity index (χ2v) is 7.71. The van der Waals surface area contributed by atoms with Gasteiger partial charge < -0.3 is 9.31 Å². The molecule has 0 N–H and O–H groups in total. The molecule has 1 aliphatic heterocycles. The quantitative estimate of drug-likeness (QED) is 0.770. The van der Waals surface area contributed by atoms with Crippen LogP contribution in [0.5, 0.6) is 0 Å². The zero-order valence-corrected chi connectivity index (χ0v) is 14.2. The van der Waals surface area contributed by atoms with Crippen LogP contribution in [0, 0.1) is 0 Å². The van der Waals surface area contributed by atoms with Gasteiger partial charge in [-0.2, -0.15) is 0 Å². The lowest BCUT2D eigenvalue weighted by atomic mass is 9.87. The molecule has 0 aromatic carbocycles. The summed E-state index contributed by atoms with van der Waals surface area (Å²) >= 11 is 0. The molecule has 1 aromatic heterocycles. The van der Waals surface area contributed by atoms with E-state index in [1.165, 1.54) is 5.56 Å². The highest BCUT2D eigenvalue weighted by Crippen LogP contribution is 2.37. The van der Waals surface area contributed by atoms with Crippen molar-refractivity contribution < 1.29 is 9.31 Å². The predicted octanol–water partition coefficient (Wildman–Crippen LogP) is 4.02. The van der Waals surface area contributed by atoms with E-state index in [1.54, 1.807) is 0 Å². The fourth-order valence-electron chi connectivity index (χ4n) is 2.09. The highest BCUT2D eigenvalue weighted by atomic mass is 16.7. The van der Waals surface area contributed by atoms with Crippen molar-refractivity contribution in [3.05, 3.63) is 35.6 Å². The zero-order valence-electron chi connectivity index (χ0n) is 14.2. The standard InChI is InChI=1S/C17H26BNO2/c1-15(2,3)13-8-9-14(19-12-13)10-11-18-20-16(4,5)17(6,7)21-18/h8-12H,1-7H3/b11-10+. The maximum absolute atomic E-state index is 5.93. The summed E-state index contributed by atoms with van der Waals surface area (Å²) < 4.78 is 11.9. The van der Waals surface area contributed by atoms with Gasteiger partial charge in [0.2, 0.25) is 0 Å². The Bertz CT molecular complexity index is 511. The SMILES string of the molecule is CC(C)(C)c1ccc(/C=C/B2OC(C)(C)C(C)(C)O2)nc1. The molecule has 2 rings (SSSR count). The smallest absolute Gasteiger partial charge is 0.400 e. The van der Waals surface area contributed by atoms with Crippen LogP contribution in [-0.2, 0) is 14.7 Å². The lowest BCUT2D eigenvalue weighted by Crippen LogP contribution is -2.41. The van der Waals surface area contributed by atoms with E-state index in [9.17, 15) is 0 Å². The first-order valence-electron chi connectivity index (χ1n) is 7.52. The van der Waals surface area contributed by atoms with Crippen LogP contribution in [0.4, 0.5) is 0 Å². The molecule has 0 spiro atoms. The van der Waals surface area contributed by atoms with E-state index < -0.39 is 0 Å². The summed E-state index contributed by atoms with van der Waals surface area (Å²) in [6, 6.07) is 4.15. The molecule has 1 aromatic rings. The molecule has 1 aliphatic rings. The molecule has 3 nitrogen and oxygen atoms in total. The molecular formula is C17H26BNO2. The van der Waals surface area contributed by atoms with Crippen LogP contribution >= 0.6 is 0 Å². The molecule has 1 fully saturated rings. The second-order valence-electron chi connectivity index (χ2n) is 7.71. The van der Waals surface area contributed by atoms with Crippen molar-refractivity contribution in [2.45, 2.75) is 65.1 Å². The van der Waals surface area contributed by atoms with Gasteiger partial charge in [-0.1, -0.05) is 32.8 Å². The fraction of sp³-hybridized carbons (Fsp3) is 0.588. The monoisotopic (exact) mass is 287 g/mol. The first-order chi connectivity index (χ1) is 9.51. The van der Waals surface area contributed by atoms with Crippen LogP contribution in [0.2, 0.25) is 0 Å². The van der Waals surface area contributed by atoms with Crippen LogP contribution in [0.3, 0.4) is 0 Å². The number of hydrogen-bond donors (Lipinski definition) is 0. The van der Waals surface area contributed by atoms with Crippen LogP contribution in [0.15, 0.2) is 24.3 Å². The van der Waals surface area contributed by atoms with Gasteiger partial charge in [-0.15, -0.1) is 0 Å². The molecular weight excluding hydrogens is 261 g/mol. The molecule has 0 aliphatic carbocycles. The minimum Gasteiger partial charge on any atom is -0.400 e. The minimum atomic E-state index is -0.320. The molecule has 4 heteroatoms. The second kappa shape index (κ2) is 5.26. The number of rotatable bonds is 2. The highest BCUT2D eigenvalue weighted by Gasteiger charge is 2.49. The van der Waals surface area contributed by atoms with Gasteiger partial charge >= 0.3 is 7.12 Å². The summed E-state index contributed by atoms with van der Waals surface area (Å²) in [7, 11) is -0.320. The summed E-state index contributed by atoms with van der Waals surface area (Å²) in [5.74, 6) is 1.93. The van der Waals surface area contributed by atoms with E-state index in [-0.39, 0.29) is 23.7 Å². The number of pyridine rings is 1. The Balaban J connectivity index is 2.06. The van der Waals surface area contributed by atoms with Crippen LogP contribution in [-0.4, -0.2) is 23.3 Å². The van der Waals surface area contributed by atoms with Gasteiger partial charge in [0.1, 0.15) is 0 Å². The van der Waals surface area contributed by atoms with Gasteiger partial charge in [0.25, 0.3) is 0 Å². The first kappa shape index (κ1) is 16.2. The van der Waals surface area contributed by atoms with Crippen molar-refractivity contribution in [2.24, 2.45) is 0 Å². The lowest BCUT2D eigenvalue weighted by molar-refractivity contribution is 0.00578. The van der Waals surface area contributed by atoms with Crippen molar-refractivity contribution in [3.8, 4) is 0 Å². The Labute approximate surface area is 128 Å². The largest absolute Gasteiger partial charge is 0.487 e. The molecule has 0 unspecified atom stereocenters. The van der Waals surface area contributed by atoms with Gasteiger partial charge in [0, 0.05) is 6.20 Å². The molecule has 1 saturated heterocycles. The topological polar surface area (TPSA) is 31.4 Å². The normalized spacial score (nSPS) is 21.2. The zero-order chi connectivity index (χ0) is 15.9. The molecule has 0 radical (unpaired) electrons. The van der Waals surface area contributed by atoms with E-state index in [0.717, 1.165) is 5.69 Å². The Morgan fingerprint density at radius 2 is 1.62 bits per heavy atom. The van der Waals surface area contributed by atoms with E-state index >= 15 is 0 Å². The molecule has 21 heavy (non-hydrogen) atoms. The Hall–Kier alpha value is -1.13. The van der Waals surface area contributed by atoms with Gasteiger partial charge in [-0.05, 0) is 50.8 Å². The summed E-state index contributed by atoms with van der Waals surface area (Å²) in [5.41, 5.74) is 1.67. The lowest BCUT2D eigenvalue weighted by Gasteiger charge is -2.32. The predicted molar refractivity (Wildman–Crippen MR) is 88.1 cm³/mol. The van der Waals surface area contributed by atoms with Crippen molar-refractivity contribution in [1.29, 1.82) is 0 Å². The molecule has 2 heterocycles. The van der Waals surface area contributed by atoms with Crippen LogP contribution in [0.1, 0.15) is 59.7 Å². The van der Waals surface area contributed by atoms with E-state index in [4.69, 9.17) is 9.31 Å². The average molecular weight is 287 g/mol.